The van der Waals surface area contributed by atoms with E-state index in [1.807, 2.05) is 0 Å². The molecule has 362 valence electrons. The van der Waals surface area contributed by atoms with E-state index in [2.05, 4.69) is 93.7 Å². The molecule has 0 saturated heterocycles. The number of rotatable bonds is 47. The summed E-state index contributed by atoms with van der Waals surface area (Å²) in [5.41, 5.74) is 0. The summed E-state index contributed by atoms with van der Waals surface area (Å²) in [6.07, 6.45) is 64.5. The normalized spacial score (nSPS) is 12.6. The third kappa shape index (κ3) is 49.7. The highest BCUT2D eigenvalue weighted by molar-refractivity contribution is 5.71. The fraction of sp³-hybridized carbons (Fsp3) is 0.737. The Bertz CT molecular complexity index is 1190. The number of carbonyl (C=O) groups is 3. The van der Waals surface area contributed by atoms with E-state index < -0.39 is 6.10 Å². The Morgan fingerprint density at radius 3 is 1.03 bits per heavy atom. The molecule has 0 aliphatic heterocycles. The molecule has 0 bridgehead atoms. The van der Waals surface area contributed by atoms with Gasteiger partial charge in [0.05, 0.1) is 0 Å². The fourth-order valence-electron chi connectivity index (χ4n) is 7.23. The van der Waals surface area contributed by atoms with Crippen LogP contribution in [0.2, 0.25) is 0 Å². The molecule has 0 aromatic carbocycles. The van der Waals surface area contributed by atoms with Crippen molar-refractivity contribution in [3.63, 3.8) is 0 Å². The van der Waals surface area contributed by atoms with Gasteiger partial charge in [0.1, 0.15) is 13.2 Å². The van der Waals surface area contributed by atoms with Crippen LogP contribution in [0.4, 0.5) is 0 Å². The maximum absolute atomic E-state index is 12.8. The minimum Gasteiger partial charge on any atom is -0.462 e. The molecule has 1 atom stereocenters. The molecule has 0 saturated carbocycles. The zero-order valence-corrected chi connectivity index (χ0v) is 41.3. The van der Waals surface area contributed by atoms with Crippen LogP contribution in [0.1, 0.15) is 252 Å². The Hall–Kier alpha value is -3.15. The van der Waals surface area contributed by atoms with Crippen molar-refractivity contribution in [1.82, 2.24) is 0 Å². The van der Waals surface area contributed by atoms with Crippen molar-refractivity contribution in [2.24, 2.45) is 0 Å². The van der Waals surface area contributed by atoms with Crippen LogP contribution in [-0.4, -0.2) is 37.2 Å². The van der Waals surface area contributed by atoms with Crippen LogP contribution < -0.4 is 0 Å². The third-order valence-corrected chi connectivity index (χ3v) is 11.2. The van der Waals surface area contributed by atoms with Crippen molar-refractivity contribution in [1.29, 1.82) is 0 Å². The van der Waals surface area contributed by atoms with E-state index in [0.717, 1.165) is 89.9 Å². The van der Waals surface area contributed by atoms with Gasteiger partial charge in [-0.3, -0.25) is 14.4 Å². The Morgan fingerprint density at radius 2 is 0.619 bits per heavy atom. The predicted molar refractivity (Wildman–Crippen MR) is 270 cm³/mol. The summed E-state index contributed by atoms with van der Waals surface area (Å²) in [5.74, 6) is -0.939. The molecule has 6 heteroatoms. The van der Waals surface area contributed by atoms with Gasteiger partial charge in [0.25, 0.3) is 0 Å². The van der Waals surface area contributed by atoms with Crippen molar-refractivity contribution < 1.29 is 28.6 Å². The second-order valence-electron chi connectivity index (χ2n) is 17.4. The van der Waals surface area contributed by atoms with Crippen LogP contribution in [0.15, 0.2) is 72.9 Å². The molecule has 6 nitrogen and oxygen atoms in total. The summed E-state index contributed by atoms with van der Waals surface area (Å²) in [5, 5.41) is 0. The first-order valence-corrected chi connectivity index (χ1v) is 26.4. The van der Waals surface area contributed by atoms with Crippen molar-refractivity contribution in [3.8, 4) is 0 Å². The van der Waals surface area contributed by atoms with E-state index in [1.165, 1.54) is 116 Å². The number of carbonyl (C=O) groups excluding carboxylic acids is 3. The summed E-state index contributed by atoms with van der Waals surface area (Å²) in [7, 11) is 0. The van der Waals surface area contributed by atoms with Gasteiger partial charge >= 0.3 is 17.9 Å². The van der Waals surface area contributed by atoms with Crippen molar-refractivity contribution in [2.75, 3.05) is 13.2 Å². The molecular weight excluding hydrogens is 781 g/mol. The van der Waals surface area contributed by atoms with E-state index in [-0.39, 0.29) is 37.5 Å². The van der Waals surface area contributed by atoms with E-state index >= 15 is 0 Å². The number of esters is 3. The minimum absolute atomic E-state index is 0.0930. The maximum atomic E-state index is 12.8. The summed E-state index contributed by atoms with van der Waals surface area (Å²) in [4.78, 5) is 38.0. The first-order chi connectivity index (χ1) is 31.0. The second-order valence-corrected chi connectivity index (χ2v) is 17.4. The minimum atomic E-state index is -0.798. The lowest BCUT2D eigenvalue weighted by Gasteiger charge is -2.18. The number of hydrogen-bond acceptors (Lipinski definition) is 6. The maximum Gasteiger partial charge on any atom is 0.306 e. The highest BCUT2D eigenvalue weighted by atomic mass is 16.6. The summed E-state index contributed by atoms with van der Waals surface area (Å²) >= 11 is 0. The lowest BCUT2D eigenvalue weighted by atomic mass is 10.0. The second kappa shape index (κ2) is 51.5. The van der Waals surface area contributed by atoms with Crippen LogP contribution in [0.5, 0.6) is 0 Å². The monoisotopic (exact) mass is 879 g/mol. The van der Waals surface area contributed by atoms with Crippen LogP contribution in [0, 0.1) is 0 Å². The van der Waals surface area contributed by atoms with E-state index in [1.54, 1.807) is 0 Å². The van der Waals surface area contributed by atoms with Crippen molar-refractivity contribution >= 4 is 17.9 Å². The number of unbranched alkanes of at least 4 members (excludes halogenated alkanes) is 24. The van der Waals surface area contributed by atoms with Gasteiger partial charge in [-0.2, -0.15) is 0 Å². The summed E-state index contributed by atoms with van der Waals surface area (Å²) < 4.78 is 16.8. The first-order valence-electron chi connectivity index (χ1n) is 26.4. The lowest BCUT2D eigenvalue weighted by Crippen LogP contribution is -2.30. The van der Waals surface area contributed by atoms with Gasteiger partial charge in [-0.1, -0.05) is 216 Å². The number of allylic oxidation sites excluding steroid dienone is 12. The molecule has 63 heavy (non-hydrogen) atoms. The van der Waals surface area contributed by atoms with Gasteiger partial charge in [-0.25, -0.2) is 0 Å². The molecule has 0 amide bonds. The van der Waals surface area contributed by atoms with Gasteiger partial charge in [-0.05, 0) is 89.9 Å². The molecule has 0 fully saturated rings. The van der Waals surface area contributed by atoms with E-state index in [4.69, 9.17) is 14.2 Å². The molecular formula is C57H98O6. The highest BCUT2D eigenvalue weighted by Crippen LogP contribution is 2.15. The van der Waals surface area contributed by atoms with Crippen LogP contribution in [0.3, 0.4) is 0 Å². The van der Waals surface area contributed by atoms with Gasteiger partial charge < -0.3 is 14.2 Å². The Morgan fingerprint density at radius 1 is 0.333 bits per heavy atom. The van der Waals surface area contributed by atoms with Crippen molar-refractivity contribution in [2.45, 2.75) is 258 Å². The molecule has 0 N–H and O–H groups in total. The predicted octanol–water partition coefficient (Wildman–Crippen LogP) is 17.4. The fourth-order valence-corrected chi connectivity index (χ4v) is 7.23. The molecule has 0 aromatic rings. The number of ether oxygens (including phenoxy) is 3. The Kier molecular flexibility index (Phi) is 48.9. The molecule has 0 radical (unpaired) electrons. The van der Waals surface area contributed by atoms with Gasteiger partial charge in [0, 0.05) is 19.3 Å². The quantitative estimate of drug-likeness (QED) is 0.0262. The van der Waals surface area contributed by atoms with Crippen molar-refractivity contribution in [3.05, 3.63) is 72.9 Å². The highest BCUT2D eigenvalue weighted by Gasteiger charge is 2.19. The zero-order valence-electron chi connectivity index (χ0n) is 41.3. The first kappa shape index (κ1) is 59.9. The third-order valence-electron chi connectivity index (χ3n) is 11.2. The average molecular weight is 879 g/mol. The van der Waals surface area contributed by atoms with Gasteiger partial charge in [0.2, 0.25) is 0 Å². The largest absolute Gasteiger partial charge is 0.462 e. The molecule has 0 spiro atoms. The summed E-state index contributed by atoms with van der Waals surface area (Å²) in [6, 6.07) is 0. The molecule has 0 rings (SSSR count). The molecule has 0 aromatic heterocycles. The zero-order chi connectivity index (χ0) is 45.8. The SMILES string of the molecule is CC/C=C\C/C=C\C/C=C\C/C=C\CCCCC(=O)O[C@@H](COC(=O)CCCCCCCCC/C=C\C/C=C\CCCCC)COC(=O)CCCCCCCCCCCCCCC. The molecule has 0 heterocycles. The van der Waals surface area contributed by atoms with E-state index in [9.17, 15) is 14.4 Å². The standard InChI is InChI=1S/C57H98O6/c1-4-7-10-13-16-19-22-25-27-28-30-32-35-38-41-44-47-50-56(59)62-53-54(52-61-55(58)49-46-43-40-37-34-31-24-21-18-15-12-9-6-3)63-57(60)51-48-45-42-39-36-33-29-26-23-20-17-14-11-8-5-2/h8,11,16-17,19-20,25-27,29,36,39,54H,4-7,9-10,12-15,18,21-24,28,30-35,37-38,40-53H2,1-3H3/b11-8-,19-16-,20-17-,27-25-,29-26-,39-36-/t54-/m1/s1. The lowest BCUT2D eigenvalue weighted by molar-refractivity contribution is -0.167. The Labute approximate surface area is 389 Å². The topological polar surface area (TPSA) is 78.9 Å². The van der Waals surface area contributed by atoms with E-state index in [0.29, 0.717) is 19.3 Å². The smallest absolute Gasteiger partial charge is 0.306 e. The van der Waals surface area contributed by atoms with Crippen LogP contribution in [-0.2, 0) is 28.6 Å². The van der Waals surface area contributed by atoms with Gasteiger partial charge in [-0.15, -0.1) is 0 Å². The molecule has 0 aliphatic rings. The molecule has 0 aliphatic carbocycles. The summed E-state index contributed by atoms with van der Waals surface area (Å²) in [6.45, 7) is 6.46. The van der Waals surface area contributed by atoms with Gasteiger partial charge in [0.15, 0.2) is 6.10 Å². The Balaban J connectivity index is 4.44. The molecule has 0 unspecified atom stereocenters. The average Bonchev–Trinajstić information content (AvgIpc) is 3.28. The van der Waals surface area contributed by atoms with Crippen LogP contribution >= 0.6 is 0 Å². The number of hydrogen-bond donors (Lipinski definition) is 0. The van der Waals surface area contributed by atoms with Crippen LogP contribution in [0.25, 0.3) is 0 Å².